The number of aromatic nitrogens is 1. The van der Waals surface area contributed by atoms with E-state index < -0.39 is 0 Å². The second-order valence-electron chi connectivity index (χ2n) is 6.19. The summed E-state index contributed by atoms with van der Waals surface area (Å²) in [6, 6.07) is 21.7. The van der Waals surface area contributed by atoms with Gasteiger partial charge in [-0.05, 0) is 61.2 Å². The van der Waals surface area contributed by atoms with Crippen molar-refractivity contribution in [1.82, 2.24) is 4.98 Å². The third-order valence-corrected chi connectivity index (χ3v) is 4.03. The van der Waals surface area contributed by atoms with Gasteiger partial charge in [0.15, 0.2) is 0 Å². The number of benzene rings is 2. The highest BCUT2D eigenvalue weighted by molar-refractivity contribution is 5.31. The number of rotatable bonds is 11. The first-order valence-corrected chi connectivity index (χ1v) is 9.32. The Hall–Kier alpha value is -3.01. The smallest absolute Gasteiger partial charge is 0.137 e. The molecule has 0 radical (unpaired) electrons. The van der Waals surface area contributed by atoms with Gasteiger partial charge in [-0.3, -0.25) is 4.98 Å². The van der Waals surface area contributed by atoms with Gasteiger partial charge in [0.25, 0.3) is 0 Å². The van der Waals surface area contributed by atoms with Crippen LogP contribution >= 0.6 is 0 Å². The van der Waals surface area contributed by atoms with Crippen molar-refractivity contribution < 1.29 is 14.2 Å². The molecule has 1 heterocycles. The zero-order chi connectivity index (χ0) is 18.6. The SMILES string of the molecule is c1ccc(COc2ccc(OCCCCCOc3cccnc3)cc2)cc1. The summed E-state index contributed by atoms with van der Waals surface area (Å²) in [5.41, 5.74) is 1.16. The van der Waals surface area contributed by atoms with E-state index in [0.29, 0.717) is 19.8 Å². The highest BCUT2D eigenvalue weighted by atomic mass is 16.5. The summed E-state index contributed by atoms with van der Waals surface area (Å²) >= 11 is 0. The van der Waals surface area contributed by atoms with Gasteiger partial charge in [-0.1, -0.05) is 30.3 Å². The summed E-state index contributed by atoms with van der Waals surface area (Å²) in [5, 5.41) is 0. The predicted molar refractivity (Wildman–Crippen MR) is 106 cm³/mol. The lowest BCUT2D eigenvalue weighted by atomic mass is 10.2. The number of hydrogen-bond acceptors (Lipinski definition) is 4. The van der Waals surface area contributed by atoms with Crippen molar-refractivity contribution in [2.45, 2.75) is 25.9 Å². The lowest BCUT2D eigenvalue weighted by molar-refractivity contribution is 0.278. The molecule has 0 spiro atoms. The average molecular weight is 363 g/mol. The van der Waals surface area contributed by atoms with E-state index in [0.717, 1.165) is 42.1 Å². The van der Waals surface area contributed by atoms with E-state index in [-0.39, 0.29) is 0 Å². The van der Waals surface area contributed by atoms with E-state index in [1.807, 2.05) is 54.6 Å². The number of hydrogen-bond donors (Lipinski definition) is 0. The van der Waals surface area contributed by atoms with Crippen LogP contribution < -0.4 is 14.2 Å². The molecular formula is C23H25NO3. The van der Waals surface area contributed by atoms with Crippen LogP contribution in [0.15, 0.2) is 79.1 Å². The van der Waals surface area contributed by atoms with Gasteiger partial charge in [0.1, 0.15) is 23.9 Å². The standard InChI is InChI=1S/C23H25NO3/c1-3-8-20(9-4-1)19-27-22-13-11-21(12-14-22)25-16-5-2-6-17-26-23-10-7-15-24-18-23/h1,3-4,7-15,18H,2,5-6,16-17,19H2. The van der Waals surface area contributed by atoms with Crippen LogP contribution in [0.1, 0.15) is 24.8 Å². The number of nitrogens with zero attached hydrogens (tertiary/aromatic N) is 1. The first kappa shape index (κ1) is 18.8. The Balaban J connectivity index is 1.26. The maximum Gasteiger partial charge on any atom is 0.137 e. The fourth-order valence-corrected chi connectivity index (χ4v) is 2.57. The zero-order valence-corrected chi connectivity index (χ0v) is 15.4. The van der Waals surface area contributed by atoms with E-state index in [1.54, 1.807) is 12.4 Å². The lowest BCUT2D eigenvalue weighted by Crippen LogP contribution is -2.01. The molecule has 0 bridgehead atoms. The monoisotopic (exact) mass is 363 g/mol. The molecule has 27 heavy (non-hydrogen) atoms. The fourth-order valence-electron chi connectivity index (χ4n) is 2.57. The van der Waals surface area contributed by atoms with E-state index >= 15 is 0 Å². The third kappa shape index (κ3) is 7.02. The minimum Gasteiger partial charge on any atom is -0.494 e. The first-order chi connectivity index (χ1) is 13.4. The quantitative estimate of drug-likeness (QED) is 0.434. The molecule has 0 aliphatic carbocycles. The van der Waals surface area contributed by atoms with E-state index in [1.165, 1.54) is 0 Å². The van der Waals surface area contributed by atoms with Crippen molar-refractivity contribution in [3.63, 3.8) is 0 Å². The molecule has 0 saturated carbocycles. The molecule has 0 unspecified atom stereocenters. The molecule has 0 fully saturated rings. The van der Waals surface area contributed by atoms with Crippen LogP contribution in [0.5, 0.6) is 17.2 Å². The van der Waals surface area contributed by atoms with Gasteiger partial charge in [0, 0.05) is 6.20 Å². The second-order valence-corrected chi connectivity index (χ2v) is 6.19. The van der Waals surface area contributed by atoms with Crippen LogP contribution in [0, 0.1) is 0 Å². The van der Waals surface area contributed by atoms with Crippen LogP contribution in [0.4, 0.5) is 0 Å². The Morgan fingerprint density at radius 2 is 1.26 bits per heavy atom. The first-order valence-electron chi connectivity index (χ1n) is 9.32. The molecule has 4 nitrogen and oxygen atoms in total. The van der Waals surface area contributed by atoms with Gasteiger partial charge in [-0.15, -0.1) is 0 Å². The molecule has 140 valence electrons. The Bertz CT molecular complexity index is 761. The van der Waals surface area contributed by atoms with Gasteiger partial charge >= 0.3 is 0 Å². The minimum atomic E-state index is 0.572. The number of pyridine rings is 1. The largest absolute Gasteiger partial charge is 0.494 e. The molecular weight excluding hydrogens is 338 g/mol. The van der Waals surface area contributed by atoms with E-state index in [9.17, 15) is 0 Å². The van der Waals surface area contributed by atoms with Gasteiger partial charge in [-0.2, -0.15) is 0 Å². The topological polar surface area (TPSA) is 40.6 Å². The fraction of sp³-hybridized carbons (Fsp3) is 0.261. The third-order valence-electron chi connectivity index (χ3n) is 4.03. The summed E-state index contributed by atoms with van der Waals surface area (Å²) in [4.78, 5) is 4.03. The number of unbranched alkanes of at least 4 members (excludes halogenated alkanes) is 2. The maximum absolute atomic E-state index is 5.78. The van der Waals surface area contributed by atoms with Crippen molar-refractivity contribution in [2.75, 3.05) is 13.2 Å². The minimum absolute atomic E-state index is 0.572. The van der Waals surface area contributed by atoms with Gasteiger partial charge < -0.3 is 14.2 Å². The number of ether oxygens (including phenoxy) is 3. The van der Waals surface area contributed by atoms with Crippen molar-refractivity contribution in [3.05, 3.63) is 84.7 Å². The Morgan fingerprint density at radius 3 is 1.93 bits per heavy atom. The molecule has 0 amide bonds. The summed E-state index contributed by atoms with van der Waals surface area (Å²) in [5.74, 6) is 2.54. The van der Waals surface area contributed by atoms with Crippen LogP contribution in [0.3, 0.4) is 0 Å². The molecule has 3 aromatic rings. The molecule has 0 atom stereocenters. The van der Waals surface area contributed by atoms with Crippen molar-refractivity contribution in [1.29, 1.82) is 0 Å². The van der Waals surface area contributed by atoms with Gasteiger partial charge in [0.05, 0.1) is 19.4 Å². The van der Waals surface area contributed by atoms with E-state index in [2.05, 4.69) is 17.1 Å². The Labute approximate surface area is 160 Å². The molecule has 2 aromatic carbocycles. The van der Waals surface area contributed by atoms with Gasteiger partial charge in [0.2, 0.25) is 0 Å². The molecule has 0 saturated heterocycles. The predicted octanol–water partition coefficient (Wildman–Crippen LogP) is 5.29. The normalized spacial score (nSPS) is 10.4. The molecule has 3 rings (SSSR count). The summed E-state index contributed by atoms with van der Waals surface area (Å²) in [6.45, 7) is 1.98. The highest BCUT2D eigenvalue weighted by Crippen LogP contribution is 2.19. The second kappa shape index (κ2) is 10.9. The zero-order valence-electron chi connectivity index (χ0n) is 15.4. The maximum atomic E-state index is 5.78. The van der Waals surface area contributed by atoms with Crippen LogP contribution in [-0.4, -0.2) is 18.2 Å². The van der Waals surface area contributed by atoms with Gasteiger partial charge in [-0.25, -0.2) is 0 Å². The Kier molecular flexibility index (Phi) is 7.55. The molecule has 1 aromatic heterocycles. The Morgan fingerprint density at radius 1 is 0.593 bits per heavy atom. The summed E-state index contributed by atoms with van der Waals surface area (Å²) in [6.07, 6.45) is 6.55. The molecule has 0 N–H and O–H groups in total. The molecule has 0 aliphatic rings. The van der Waals surface area contributed by atoms with Crippen LogP contribution in [0.25, 0.3) is 0 Å². The lowest BCUT2D eigenvalue weighted by Gasteiger charge is -2.09. The average Bonchev–Trinajstić information content (AvgIpc) is 2.74. The van der Waals surface area contributed by atoms with E-state index in [4.69, 9.17) is 14.2 Å². The summed E-state index contributed by atoms with van der Waals surface area (Å²) < 4.78 is 17.2. The van der Waals surface area contributed by atoms with Crippen LogP contribution in [0.2, 0.25) is 0 Å². The van der Waals surface area contributed by atoms with Crippen LogP contribution in [-0.2, 0) is 6.61 Å². The van der Waals surface area contributed by atoms with Crippen molar-refractivity contribution in [3.8, 4) is 17.2 Å². The highest BCUT2D eigenvalue weighted by Gasteiger charge is 1.99. The molecule has 0 aliphatic heterocycles. The van der Waals surface area contributed by atoms with Crippen molar-refractivity contribution >= 4 is 0 Å². The summed E-state index contributed by atoms with van der Waals surface area (Å²) in [7, 11) is 0. The molecule has 4 heteroatoms. The van der Waals surface area contributed by atoms with Crippen molar-refractivity contribution in [2.24, 2.45) is 0 Å².